The van der Waals surface area contributed by atoms with Gasteiger partial charge in [0.15, 0.2) is 0 Å². The predicted octanol–water partition coefficient (Wildman–Crippen LogP) is 13.2. The van der Waals surface area contributed by atoms with Gasteiger partial charge in [0.05, 0.1) is 17.2 Å². The molecule has 2 atom stereocenters. The molecule has 7 aromatic rings. The zero-order chi connectivity index (χ0) is 37.1. The second-order valence-corrected chi connectivity index (χ2v) is 16.5. The fourth-order valence-electron chi connectivity index (χ4n) is 9.42. The van der Waals surface area contributed by atoms with Crippen LogP contribution in [0.5, 0.6) is 0 Å². The lowest BCUT2D eigenvalue weighted by Crippen LogP contribution is -2.32. The first-order valence-corrected chi connectivity index (χ1v) is 20.3. The molecule has 1 spiro atoms. The van der Waals surface area contributed by atoms with Gasteiger partial charge in [-0.05, 0) is 124 Å². The molecule has 6 aromatic carbocycles. The van der Waals surface area contributed by atoms with Crippen LogP contribution in [-0.4, -0.2) is 10.7 Å². The second kappa shape index (κ2) is 13.5. The number of pyridine rings is 1. The van der Waals surface area contributed by atoms with E-state index in [0.717, 1.165) is 35.5 Å². The van der Waals surface area contributed by atoms with Crippen molar-refractivity contribution in [2.75, 3.05) is 0 Å². The summed E-state index contributed by atoms with van der Waals surface area (Å²) in [7, 11) is 0. The van der Waals surface area contributed by atoms with E-state index in [1.54, 1.807) is 0 Å². The first kappa shape index (κ1) is 33.8. The molecule has 266 valence electrons. The summed E-state index contributed by atoms with van der Waals surface area (Å²) < 4.78 is 0. The Hall–Kier alpha value is -5.77. The van der Waals surface area contributed by atoms with Crippen LogP contribution in [0, 0.1) is 19.8 Å². The number of nitrogens with zero attached hydrogens (tertiary/aromatic N) is 2. The molecule has 1 aromatic heterocycles. The van der Waals surface area contributed by atoms with Crippen molar-refractivity contribution < 1.29 is 0 Å². The van der Waals surface area contributed by atoms with Gasteiger partial charge in [0.1, 0.15) is 0 Å². The van der Waals surface area contributed by atoms with Gasteiger partial charge in [0, 0.05) is 26.7 Å². The first-order chi connectivity index (χ1) is 27.0. The number of allylic oxidation sites excluding steroid dienone is 2. The molecular weight excluding hydrogens is 685 g/mol. The molecule has 3 heterocycles. The van der Waals surface area contributed by atoms with Crippen molar-refractivity contribution >= 4 is 23.0 Å². The summed E-state index contributed by atoms with van der Waals surface area (Å²) in [6, 6.07) is 58.5. The van der Waals surface area contributed by atoms with Crippen molar-refractivity contribution in [2.45, 2.75) is 54.9 Å². The fraction of sp³-hybridized carbons (Fsp3) is 0.154. The molecule has 2 aliphatic heterocycles. The average molecular weight is 727 g/mol. The Morgan fingerprint density at radius 2 is 1.20 bits per heavy atom. The molecular formula is C52H42N2S. The lowest BCUT2D eigenvalue weighted by molar-refractivity contribution is 0.444. The number of rotatable bonds is 4. The van der Waals surface area contributed by atoms with E-state index in [2.05, 4.69) is 185 Å². The maximum atomic E-state index is 5.76. The highest BCUT2D eigenvalue weighted by atomic mass is 32.2. The molecule has 0 bridgehead atoms. The zero-order valence-corrected chi connectivity index (χ0v) is 32.3. The normalized spacial score (nSPS) is 18.8. The largest absolute Gasteiger partial charge is 0.276 e. The number of aromatic nitrogens is 1. The van der Waals surface area contributed by atoms with Crippen LogP contribution in [0.4, 0.5) is 0 Å². The Bertz CT molecular complexity index is 2640. The second-order valence-electron chi connectivity index (χ2n) is 15.4. The van der Waals surface area contributed by atoms with Crippen LogP contribution < -0.4 is 0 Å². The van der Waals surface area contributed by atoms with E-state index >= 15 is 0 Å². The van der Waals surface area contributed by atoms with Crippen molar-refractivity contribution in [3.63, 3.8) is 0 Å². The maximum Gasteiger partial charge on any atom is 0.0782 e. The monoisotopic (exact) mass is 726 g/mol. The SMILES string of the molecule is Cc1ccc(-c2cccc(/C3=C/C(c4ccccc4)=NC(c4ccc5c(c4)C4(c6ccccc6Sc6ccccc64)c4ccccc4-5)C(C)CC3)c2)c(C)n1. The standard InChI is InChI=1S/C52H42N2S/c1-33-24-26-38(37-16-13-17-39(30-37)41-28-25-34(2)53-35(41)3)32-48(36-14-5-4-6-15-36)54-51(33)40-27-29-43-42-18-7-8-19-44(42)52(47(43)31-40)45-20-9-11-22-49(45)55-50-23-12-10-21-46(50)52/h4-23,25,27-33,51H,24,26H2,1-3H3/b38-32+,54-48?. The summed E-state index contributed by atoms with van der Waals surface area (Å²) in [6.07, 6.45) is 4.36. The van der Waals surface area contributed by atoms with E-state index < -0.39 is 5.41 Å². The Morgan fingerprint density at radius 3 is 1.96 bits per heavy atom. The molecule has 1 aliphatic carbocycles. The Kier molecular flexibility index (Phi) is 8.30. The van der Waals surface area contributed by atoms with Crippen LogP contribution in [0.3, 0.4) is 0 Å². The molecule has 0 N–H and O–H groups in total. The van der Waals surface area contributed by atoms with Crippen molar-refractivity contribution in [1.82, 2.24) is 4.98 Å². The van der Waals surface area contributed by atoms with Crippen molar-refractivity contribution in [2.24, 2.45) is 10.9 Å². The van der Waals surface area contributed by atoms with Crippen LogP contribution in [-0.2, 0) is 5.41 Å². The minimum absolute atomic E-state index is 0.00450. The molecule has 2 unspecified atom stereocenters. The molecule has 0 fully saturated rings. The van der Waals surface area contributed by atoms with Gasteiger partial charge in [-0.2, -0.15) is 0 Å². The Labute approximate surface area is 328 Å². The minimum Gasteiger partial charge on any atom is -0.276 e. The number of aliphatic imine (C=N–C) groups is 1. The van der Waals surface area contributed by atoms with Gasteiger partial charge in [0.25, 0.3) is 0 Å². The van der Waals surface area contributed by atoms with Gasteiger partial charge in [-0.15, -0.1) is 0 Å². The number of hydrogen-bond acceptors (Lipinski definition) is 3. The van der Waals surface area contributed by atoms with Crippen LogP contribution in [0.2, 0.25) is 0 Å². The minimum atomic E-state index is -0.402. The lowest BCUT2D eigenvalue weighted by atomic mass is 9.67. The van der Waals surface area contributed by atoms with Crippen LogP contribution >= 0.6 is 11.8 Å². The third kappa shape index (κ3) is 5.55. The summed E-state index contributed by atoms with van der Waals surface area (Å²) in [5.41, 5.74) is 18.2. The van der Waals surface area contributed by atoms with Gasteiger partial charge in [-0.1, -0.05) is 152 Å². The molecule has 0 saturated heterocycles. The van der Waals surface area contributed by atoms with Gasteiger partial charge in [-0.25, -0.2) is 0 Å². The van der Waals surface area contributed by atoms with E-state index in [1.807, 2.05) is 11.8 Å². The molecule has 10 rings (SSSR count). The van der Waals surface area contributed by atoms with Crippen molar-refractivity contribution in [3.05, 3.63) is 214 Å². The first-order valence-electron chi connectivity index (χ1n) is 19.5. The van der Waals surface area contributed by atoms with Crippen molar-refractivity contribution in [3.8, 4) is 22.3 Å². The highest BCUT2D eigenvalue weighted by Crippen LogP contribution is 2.62. The molecule has 2 nitrogen and oxygen atoms in total. The number of hydrogen-bond donors (Lipinski definition) is 0. The number of fused-ring (bicyclic) bond motifs is 9. The summed E-state index contributed by atoms with van der Waals surface area (Å²) in [6.45, 7) is 6.56. The zero-order valence-electron chi connectivity index (χ0n) is 31.5. The van der Waals surface area contributed by atoms with Gasteiger partial charge in [0.2, 0.25) is 0 Å². The summed E-state index contributed by atoms with van der Waals surface area (Å²) >= 11 is 1.90. The van der Waals surface area contributed by atoms with E-state index in [4.69, 9.17) is 9.98 Å². The predicted molar refractivity (Wildman–Crippen MR) is 229 cm³/mol. The highest BCUT2D eigenvalue weighted by Gasteiger charge is 2.50. The number of benzene rings is 6. The van der Waals surface area contributed by atoms with Crippen LogP contribution in [0.15, 0.2) is 179 Å². The molecule has 55 heavy (non-hydrogen) atoms. The van der Waals surface area contributed by atoms with Gasteiger partial charge < -0.3 is 0 Å². The molecule has 0 amide bonds. The Balaban J connectivity index is 1.14. The molecule has 3 aliphatic rings. The van der Waals surface area contributed by atoms with E-state index in [1.165, 1.54) is 71.0 Å². The smallest absolute Gasteiger partial charge is 0.0782 e. The van der Waals surface area contributed by atoms with Crippen molar-refractivity contribution in [1.29, 1.82) is 0 Å². The lowest BCUT2D eigenvalue weighted by Gasteiger charge is -2.40. The highest BCUT2D eigenvalue weighted by molar-refractivity contribution is 7.99. The molecule has 0 saturated carbocycles. The third-order valence-electron chi connectivity index (χ3n) is 12.0. The quantitative estimate of drug-likeness (QED) is 0.180. The topological polar surface area (TPSA) is 25.2 Å². The summed E-state index contributed by atoms with van der Waals surface area (Å²) in [5, 5.41) is 0. The fourth-order valence-corrected chi connectivity index (χ4v) is 10.6. The maximum absolute atomic E-state index is 5.76. The van der Waals surface area contributed by atoms with Gasteiger partial charge in [-0.3, -0.25) is 9.98 Å². The van der Waals surface area contributed by atoms with Crippen LogP contribution in [0.25, 0.3) is 27.8 Å². The summed E-state index contributed by atoms with van der Waals surface area (Å²) in [5.74, 6) is 0.313. The van der Waals surface area contributed by atoms with Gasteiger partial charge >= 0.3 is 0 Å². The third-order valence-corrected chi connectivity index (χ3v) is 13.2. The molecule has 0 radical (unpaired) electrons. The average Bonchev–Trinajstić information content (AvgIpc) is 3.50. The summed E-state index contributed by atoms with van der Waals surface area (Å²) in [4.78, 5) is 13.2. The van der Waals surface area contributed by atoms with E-state index in [0.29, 0.717) is 5.92 Å². The molecule has 3 heteroatoms. The number of aryl methyl sites for hydroxylation is 2. The Morgan fingerprint density at radius 1 is 0.564 bits per heavy atom. The van der Waals surface area contributed by atoms with E-state index in [9.17, 15) is 0 Å². The van der Waals surface area contributed by atoms with E-state index in [-0.39, 0.29) is 6.04 Å². The van der Waals surface area contributed by atoms with Crippen LogP contribution in [0.1, 0.15) is 76.1 Å².